The topological polar surface area (TPSA) is 56.1 Å². The molecule has 0 bridgehead atoms. The molecular formula is C19H20F5N3O2. The monoisotopic (exact) mass is 417 g/mol. The maximum Gasteiger partial charge on any atom is 0.415 e. The summed E-state index contributed by atoms with van der Waals surface area (Å²) in [6, 6.07) is 3.42. The number of nitrogens with zero attached hydrogens (tertiary/aromatic N) is 2. The van der Waals surface area contributed by atoms with E-state index in [1.165, 1.54) is 10.7 Å². The number of rotatable bonds is 6. The van der Waals surface area contributed by atoms with Crippen LogP contribution in [0.2, 0.25) is 0 Å². The van der Waals surface area contributed by atoms with Crippen molar-refractivity contribution in [3.8, 4) is 11.3 Å². The maximum absolute atomic E-state index is 13.7. The number of ether oxygens (including phenoxy) is 1. The van der Waals surface area contributed by atoms with E-state index in [4.69, 9.17) is 0 Å². The molecule has 0 unspecified atom stereocenters. The summed E-state index contributed by atoms with van der Waals surface area (Å²) in [6.45, 7) is 0. The lowest BCUT2D eigenvalue weighted by Gasteiger charge is -2.27. The zero-order valence-electron chi connectivity index (χ0n) is 15.8. The summed E-state index contributed by atoms with van der Waals surface area (Å²) in [6.07, 6.45) is -5.28. The number of anilines is 1. The second-order valence-corrected chi connectivity index (χ2v) is 7.01. The van der Waals surface area contributed by atoms with Crippen LogP contribution in [0.25, 0.3) is 11.3 Å². The molecule has 1 heterocycles. The average Bonchev–Trinajstić information content (AvgIpc) is 2.88. The van der Waals surface area contributed by atoms with Crippen LogP contribution in [0.5, 0.6) is 0 Å². The van der Waals surface area contributed by atoms with Crippen molar-refractivity contribution >= 4 is 11.7 Å². The smallest absolute Gasteiger partial charge is 0.371 e. The Kier molecular flexibility index (Phi) is 5.92. The molecule has 1 amide bonds. The fourth-order valence-corrected chi connectivity index (χ4v) is 3.39. The fourth-order valence-electron chi connectivity index (χ4n) is 3.39. The van der Waals surface area contributed by atoms with Gasteiger partial charge in [-0.3, -0.25) is 9.48 Å². The molecule has 1 N–H and O–H groups in total. The summed E-state index contributed by atoms with van der Waals surface area (Å²) in [5.41, 5.74) is 1.47. The van der Waals surface area contributed by atoms with Crippen molar-refractivity contribution in [3.63, 3.8) is 0 Å². The minimum absolute atomic E-state index is 0.0166. The van der Waals surface area contributed by atoms with Crippen molar-refractivity contribution in [1.29, 1.82) is 0 Å². The number of hydrogen-bond donors (Lipinski definition) is 1. The SMILES string of the molecule is CO[C@@H](CC(=O)Nc1nn(C)c(-c2ccc(F)c(F)c2)c1C1CCC1)C(F)(F)F. The third kappa shape index (κ3) is 4.42. The van der Waals surface area contributed by atoms with Crippen LogP contribution in [0.4, 0.5) is 27.8 Å². The third-order valence-corrected chi connectivity index (χ3v) is 5.07. The largest absolute Gasteiger partial charge is 0.415 e. The Balaban J connectivity index is 1.93. The Bertz CT molecular complexity index is 906. The highest BCUT2D eigenvalue weighted by atomic mass is 19.4. The van der Waals surface area contributed by atoms with E-state index in [2.05, 4.69) is 15.2 Å². The van der Waals surface area contributed by atoms with E-state index in [9.17, 15) is 26.7 Å². The third-order valence-electron chi connectivity index (χ3n) is 5.07. The molecule has 2 aromatic rings. The number of halogens is 5. The van der Waals surface area contributed by atoms with E-state index in [1.54, 1.807) is 7.05 Å². The highest BCUT2D eigenvalue weighted by Crippen LogP contribution is 2.45. The molecule has 158 valence electrons. The van der Waals surface area contributed by atoms with Crippen molar-refractivity contribution in [3.05, 3.63) is 35.4 Å². The Morgan fingerprint density at radius 2 is 2.00 bits per heavy atom. The molecule has 1 aromatic carbocycles. The van der Waals surface area contributed by atoms with Crippen molar-refractivity contribution < 1.29 is 31.5 Å². The summed E-state index contributed by atoms with van der Waals surface area (Å²) in [5, 5.41) is 6.66. The zero-order chi connectivity index (χ0) is 21.3. The molecule has 0 aliphatic heterocycles. The van der Waals surface area contributed by atoms with Gasteiger partial charge in [-0.1, -0.05) is 6.42 Å². The Morgan fingerprint density at radius 1 is 1.31 bits per heavy atom. The molecule has 0 radical (unpaired) electrons. The quantitative estimate of drug-likeness (QED) is 0.703. The van der Waals surface area contributed by atoms with Gasteiger partial charge in [-0.2, -0.15) is 18.3 Å². The molecule has 5 nitrogen and oxygen atoms in total. The van der Waals surface area contributed by atoms with Crippen LogP contribution >= 0.6 is 0 Å². The van der Waals surface area contributed by atoms with Crippen LogP contribution in [-0.2, 0) is 16.6 Å². The molecule has 1 aromatic heterocycles. The summed E-state index contributed by atoms with van der Waals surface area (Å²) in [4.78, 5) is 12.2. The number of carbonyl (C=O) groups excluding carboxylic acids is 1. The highest BCUT2D eigenvalue weighted by Gasteiger charge is 2.41. The van der Waals surface area contributed by atoms with Gasteiger partial charge in [-0.25, -0.2) is 8.78 Å². The van der Waals surface area contributed by atoms with Gasteiger partial charge in [0.15, 0.2) is 23.6 Å². The predicted molar refractivity (Wildman–Crippen MR) is 95.3 cm³/mol. The molecule has 1 aliphatic carbocycles. The van der Waals surface area contributed by atoms with Gasteiger partial charge in [0.1, 0.15) is 0 Å². The summed E-state index contributed by atoms with van der Waals surface area (Å²) in [5.74, 6) is -2.78. The van der Waals surface area contributed by atoms with Crippen LogP contribution < -0.4 is 5.32 Å². The summed E-state index contributed by atoms with van der Waals surface area (Å²) < 4.78 is 71.4. The first-order valence-corrected chi connectivity index (χ1v) is 9.03. The molecule has 1 atom stereocenters. The minimum Gasteiger partial charge on any atom is -0.371 e. The van der Waals surface area contributed by atoms with E-state index in [0.29, 0.717) is 16.8 Å². The first-order chi connectivity index (χ1) is 13.6. The number of aryl methyl sites for hydroxylation is 1. The molecule has 0 saturated heterocycles. The van der Waals surface area contributed by atoms with Crippen LogP contribution in [0.1, 0.15) is 37.2 Å². The van der Waals surface area contributed by atoms with Crippen LogP contribution in [0.3, 0.4) is 0 Å². The Labute approximate surface area is 163 Å². The average molecular weight is 417 g/mol. The van der Waals surface area contributed by atoms with Gasteiger partial charge in [0.25, 0.3) is 0 Å². The van der Waals surface area contributed by atoms with E-state index in [-0.39, 0.29) is 11.7 Å². The lowest BCUT2D eigenvalue weighted by Crippen LogP contribution is -2.34. The van der Waals surface area contributed by atoms with E-state index in [1.807, 2.05) is 0 Å². The molecular weight excluding hydrogens is 397 g/mol. The van der Waals surface area contributed by atoms with Gasteiger partial charge >= 0.3 is 6.18 Å². The predicted octanol–water partition coefficient (Wildman–Crippen LogP) is 4.54. The fraction of sp³-hybridized carbons (Fsp3) is 0.474. The number of amides is 1. The molecule has 3 rings (SSSR count). The molecule has 10 heteroatoms. The lowest BCUT2D eigenvalue weighted by molar-refractivity contribution is -0.213. The first kappa shape index (κ1) is 21.2. The number of benzene rings is 1. The number of aromatic nitrogens is 2. The number of carbonyl (C=O) groups is 1. The van der Waals surface area contributed by atoms with Crippen LogP contribution in [-0.4, -0.2) is 35.1 Å². The second-order valence-electron chi connectivity index (χ2n) is 7.01. The second kappa shape index (κ2) is 8.10. The Hall–Kier alpha value is -2.49. The maximum atomic E-state index is 13.7. The molecule has 0 spiro atoms. The van der Waals surface area contributed by atoms with Crippen molar-refractivity contribution in [2.24, 2.45) is 7.05 Å². The molecule has 1 aliphatic rings. The number of nitrogens with one attached hydrogen (secondary N) is 1. The number of hydrogen-bond acceptors (Lipinski definition) is 3. The van der Waals surface area contributed by atoms with Crippen LogP contribution in [0.15, 0.2) is 18.2 Å². The lowest BCUT2D eigenvalue weighted by atomic mass is 9.79. The van der Waals surface area contributed by atoms with Crippen molar-refractivity contribution in [2.75, 3.05) is 12.4 Å². The number of methoxy groups -OCH3 is 1. The van der Waals surface area contributed by atoms with Crippen molar-refractivity contribution in [1.82, 2.24) is 9.78 Å². The van der Waals surface area contributed by atoms with E-state index in [0.717, 1.165) is 38.5 Å². The minimum atomic E-state index is -4.68. The molecule has 1 saturated carbocycles. The first-order valence-electron chi connectivity index (χ1n) is 9.03. The van der Waals surface area contributed by atoms with Gasteiger partial charge in [0.2, 0.25) is 5.91 Å². The number of alkyl halides is 3. The summed E-state index contributed by atoms with van der Waals surface area (Å²) >= 11 is 0. The summed E-state index contributed by atoms with van der Waals surface area (Å²) in [7, 11) is 2.45. The van der Waals surface area contributed by atoms with Gasteiger partial charge in [0, 0.05) is 25.3 Å². The normalized spacial score (nSPS) is 15.8. The highest BCUT2D eigenvalue weighted by molar-refractivity contribution is 5.92. The van der Waals surface area contributed by atoms with Crippen molar-refractivity contribution in [2.45, 2.75) is 43.9 Å². The van der Waals surface area contributed by atoms with E-state index >= 15 is 0 Å². The van der Waals surface area contributed by atoms with Gasteiger partial charge in [-0.15, -0.1) is 0 Å². The van der Waals surface area contributed by atoms with E-state index < -0.39 is 36.2 Å². The van der Waals surface area contributed by atoms with Gasteiger partial charge in [-0.05, 0) is 37.0 Å². The zero-order valence-corrected chi connectivity index (χ0v) is 15.8. The molecule has 29 heavy (non-hydrogen) atoms. The Morgan fingerprint density at radius 3 is 2.52 bits per heavy atom. The van der Waals surface area contributed by atoms with Crippen LogP contribution in [0, 0.1) is 11.6 Å². The standard InChI is InChI=1S/C19H20F5N3O2/c1-27-17(11-6-7-12(20)13(21)8-11)16(10-4-3-5-10)18(26-27)25-15(28)9-14(29-2)19(22,23)24/h6-8,10,14H,3-5,9H2,1-2H3,(H,25,26,28)/t14-/m0/s1. The molecule has 1 fully saturated rings. The van der Waals surface area contributed by atoms with Gasteiger partial charge in [0.05, 0.1) is 12.1 Å². The van der Waals surface area contributed by atoms with Gasteiger partial charge < -0.3 is 10.1 Å².